The Balaban J connectivity index is 1.42. The van der Waals surface area contributed by atoms with Crippen LogP contribution in [-0.4, -0.2) is 54.2 Å². The quantitative estimate of drug-likeness (QED) is 0.886. The van der Waals surface area contributed by atoms with Gasteiger partial charge in [0.05, 0.1) is 12.7 Å². The van der Waals surface area contributed by atoms with Crippen LogP contribution in [0.1, 0.15) is 23.3 Å². The van der Waals surface area contributed by atoms with Gasteiger partial charge in [0.2, 0.25) is 0 Å². The van der Waals surface area contributed by atoms with Crippen LogP contribution in [0.5, 0.6) is 0 Å². The molecule has 1 aromatic carbocycles. The van der Waals surface area contributed by atoms with Crippen LogP contribution in [0.15, 0.2) is 35.1 Å². The summed E-state index contributed by atoms with van der Waals surface area (Å²) in [5.41, 5.74) is 0.0423. The van der Waals surface area contributed by atoms with E-state index in [9.17, 15) is 9.59 Å². The van der Waals surface area contributed by atoms with Crippen molar-refractivity contribution < 1.29 is 9.53 Å². The van der Waals surface area contributed by atoms with Crippen molar-refractivity contribution in [3.63, 3.8) is 0 Å². The Morgan fingerprint density at radius 3 is 3.17 bits per heavy atom. The molecule has 0 radical (unpaired) electrons. The second-order valence-electron chi connectivity index (χ2n) is 6.56. The Hall–Kier alpha value is -2.18. The molecule has 2 atom stereocenters. The summed E-state index contributed by atoms with van der Waals surface area (Å²) >= 11 is 0. The van der Waals surface area contributed by atoms with Crippen molar-refractivity contribution in [2.45, 2.75) is 25.0 Å². The highest BCUT2D eigenvalue weighted by molar-refractivity contribution is 5.96. The molecule has 0 saturated carbocycles. The zero-order valence-corrected chi connectivity index (χ0v) is 13.5. The first-order chi connectivity index (χ1) is 11.7. The zero-order chi connectivity index (χ0) is 16.5. The molecule has 4 rings (SSSR count). The highest BCUT2D eigenvalue weighted by Gasteiger charge is 2.32. The van der Waals surface area contributed by atoms with Crippen LogP contribution in [0.3, 0.4) is 0 Å². The van der Waals surface area contributed by atoms with Gasteiger partial charge in [0.1, 0.15) is 5.69 Å². The average molecular weight is 327 g/mol. The summed E-state index contributed by atoms with van der Waals surface area (Å²) in [5.74, 6) is -0.273. The van der Waals surface area contributed by atoms with Crippen LogP contribution >= 0.6 is 0 Å². The van der Waals surface area contributed by atoms with Gasteiger partial charge in [-0.1, -0.05) is 18.2 Å². The molecule has 1 aromatic heterocycles. The number of carbonyl (C=O) groups excluding carboxylic acids is 1. The minimum Gasteiger partial charge on any atom is -0.373 e. The molecule has 6 heteroatoms. The third kappa shape index (κ3) is 2.95. The average Bonchev–Trinajstić information content (AvgIpc) is 3.07. The standard InChI is InChI=1S/C18H21N3O3/c22-17-15-6-2-1-4-12(15)8-16(20-17)18(23)19-9-14-10-21-7-3-5-13(21)11-24-14/h1-2,4,6,8,13-14H,3,5,7,9-11H2,(H,19,23)(H,20,22). The Labute approximate surface area is 139 Å². The lowest BCUT2D eigenvalue weighted by Gasteiger charge is -2.35. The number of rotatable bonds is 3. The topological polar surface area (TPSA) is 74.4 Å². The normalized spacial score (nSPS) is 24.0. The zero-order valence-electron chi connectivity index (χ0n) is 13.5. The Morgan fingerprint density at radius 2 is 2.25 bits per heavy atom. The van der Waals surface area contributed by atoms with Crippen LogP contribution in [0.25, 0.3) is 10.8 Å². The first kappa shape index (κ1) is 15.4. The van der Waals surface area contributed by atoms with E-state index >= 15 is 0 Å². The maximum atomic E-state index is 12.4. The van der Waals surface area contributed by atoms with E-state index in [1.807, 2.05) is 18.2 Å². The Kier molecular flexibility index (Phi) is 4.08. The second-order valence-corrected chi connectivity index (χ2v) is 6.56. The van der Waals surface area contributed by atoms with Gasteiger partial charge in [-0.2, -0.15) is 0 Å². The van der Waals surface area contributed by atoms with Gasteiger partial charge in [0.15, 0.2) is 0 Å². The number of H-pyrrole nitrogens is 1. The largest absolute Gasteiger partial charge is 0.373 e. The smallest absolute Gasteiger partial charge is 0.267 e. The Morgan fingerprint density at radius 1 is 1.38 bits per heavy atom. The van der Waals surface area contributed by atoms with Gasteiger partial charge in [-0.05, 0) is 36.9 Å². The molecule has 0 aliphatic carbocycles. The van der Waals surface area contributed by atoms with Crippen molar-refractivity contribution in [1.29, 1.82) is 0 Å². The maximum absolute atomic E-state index is 12.4. The van der Waals surface area contributed by atoms with Crippen molar-refractivity contribution in [1.82, 2.24) is 15.2 Å². The summed E-state index contributed by atoms with van der Waals surface area (Å²) in [6.07, 6.45) is 2.44. The van der Waals surface area contributed by atoms with E-state index in [2.05, 4.69) is 15.2 Å². The van der Waals surface area contributed by atoms with Crippen molar-refractivity contribution in [2.24, 2.45) is 0 Å². The number of carbonyl (C=O) groups is 1. The lowest BCUT2D eigenvalue weighted by Crippen LogP contribution is -2.50. The third-order valence-electron chi connectivity index (χ3n) is 4.95. The summed E-state index contributed by atoms with van der Waals surface area (Å²) in [6, 6.07) is 9.50. The highest BCUT2D eigenvalue weighted by atomic mass is 16.5. The molecule has 2 aliphatic heterocycles. The van der Waals surface area contributed by atoms with E-state index in [4.69, 9.17) is 4.74 Å². The molecule has 2 N–H and O–H groups in total. The summed E-state index contributed by atoms with van der Waals surface area (Å²) in [6.45, 7) is 3.18. The van der Waals surface area contributed by atoms with E-state index in [-0.39, 0.29) is 23.3 Å². The van der Waals surface area contributed by atoms with Gasteiger partial charge in [-0.3, -0.25) is 14.5 Å². The number of fused-ring (bicyclic) bond motifs is 2. The lowest BCUT2D eigenvalue weighted by atomic mass is 10.1. The fourth-order valence-electron chi connectivity index (χ4n) is 3.64. The van der Waals surface area contributed by atoms with Gasteiger partial charge in [0, 0.05) is 24.5 Å². The second kappa shape index (κ2) is 6.37. The number of ether oxygens (including phenoxy) is 1. The fourth-order valence-corrected chi connectivity index (χ4v) is 3.64. The van der Waals surface area contributed by atoms with Crippen molar-refractivity contribution >= 4 is 16.7 Å². The molecule has 0 bridgehead atoms. The molecule has 24 heavy (non-hydrogen) atoms. The van der Waals surface area contributed by atoms with Crippen molar-refractivity contribution in [3.8, 4) is 0 Å². The Bertz CT molecular complexity index is 817. The van der Waals surface area contributed by atoms with Crippen molar-refractivity contribution in [2.75, 3.05) is 26.2 Å². The number of nitrogens with zero attached hydrogens (tertiary/aromatic N) is 1. The molecule has 126 valence electrons. The third-order valence-corrected chi connectivity index (χ3v) is 4.95. The van der Waals surface area contributed by atoms with Gasteiger partial charge in [0.25, 0.3) is 11.5 Å². The molecule has 2 unspecified atom stereocenters. The number of aromatic amines is 1. The fraction of sp³-hybridized carbons (Fsp3) is 0.444. The molecule has 2 aromatic rings. The minimum absolute atomic E-state index is 0.00970. The van der Waals surface area contributed by atoms with E-state index in [1.54, 1.807) is 12.1 Å². The number of hydrogen-bond acceptors (Lipinski definition) is 4. The maximum Gasteiger partial charge on any atom is 0.267 e. The first-order valence-corrected chi connectivity index (χ1v) is 8.46. The summed E-state index contributed by atoms with van der Waals surface area (Å²) in [7, 11) is 0. The predicted molar refractivity (Wildman–Crippen MR) is 91.2 cm³/mol. The number of pyridine rings is 1. The molecule has 2 fully saturated rings. The van der Waals surface area contributed by atoms with E-state index < -0.39 is 0 Å². The number of hydrogen-bond donors (Lipinski definition) is 2. The van der Waals surface area contributed by atoms with Gasteiger partial charge >= 0.3 is 0 Å². The molecular weight excluding hydrogens is 306 g/mol. The summed E-state index contributed by atoms with van der Waals surface area (Å²) in [5, 5.41) is 4.23. The lowest BCUT2D eigenvalue weighted by molar-refractivity contribution is -0.0462. The molecule has 6 nitrogen and oxygen atoms in total. The number of benzene rings is 1. The van der Waals surface area contributed by atoms with Crippen LogP contribution < -0.4 is 10.9 Å². The minimum atomic E-state index is -0.273. The van der Waals surface area contributed by atoms with E-state index in [1.165, 1.54) is 12.8 Å². The highest BCUT2D eigenvalue weighted by Crippen LogP contribution is 2.22. The van der Waals surface area contributed by atoms with Crippen molar-refractivity contribution in [3.05, 3.63) is 46.4 Å². The number of morpholine rings is 1. The van der Waals surface area contributed by atoms with E-state index in [0.29, 0.717) is 18.0 Å². The first-order valence-electron chi connectivity index (χ1n) is 8.46. The van der Waals surface area contributed by atoms with Crippen LogP contribution in [0.4, 0.5) is 0 Å². The summed E-state index contributed by atoms with van der Waals surface area (Å²) < 4.78 is 5.84. The predicted octanol–water partition coefficient (Wildman–Crippen LogP) is 1.12. The molecule has 0 spiro atoms. The monoisotopic (exact) mass is 327 g/mol. The van der Waals surface area contributed by atoms with E-state index in [0.717, 1.165) is 25.1 Å². The number of nitrogens with one attached hydrogen (secondary N) is 2. The molecular formula is C18H21N3O3. The SMILES string of the molecule is O=C(NCC1CN2CCCC2CO1)c1cc2ccccc2c(=O)[nH]1. The van der Waals surface area contributed by atoms with Crippen LogP contribution in [0.2, 0.25) is 0 Å². The van der Waals surface area contributed by atoms with Gasteiger partial charge in [-0.15, -0.1) is 0 Å². The molecule has 1 amide bonds. The van der Waals surface area contributed by atoms with Crippen LogP contribution in [-0.2, 0) is 4.74 Å². The van der Waals surface area contributed by atoms with Gasteiger partial charge < -0.3 is 15.0 Å². The molecule has 2 saturated heterocycles. The van der Waals surface area contributed by atoms with Crippen LogP contribution in [0, 0.1) is 0 Å². The van der Waals surface area contributed by atoms with Gasteiger partial charge in [-0.25, -0.2) is 0 Å². The number of aromatic nitrogens is 1. The molecule has 2 aliphatic rings. The molecule has 3 heterocycles. The summed E-state index contributed by atoms with van der Waals surface area (Å²) in [4.78, 5) is 29.5. The number of amides is 1.